The maximum absolute atomic E-state index is 13.5. The number of hydrogen-bond acceptors (Lipinski definition) is 9. The smallest absolute Gasteiger partial charge is 0.336 e. The van der Waals surface area contributed by atoms with Crippen LogP contribution in [-0.4, -0.2) is 53.8 Å². The van der Waals surface area contributed by atoms with Gasteiger partial charge in [0.05, 0.1) is 29.9 Å². The van der Waals surface area contributed by atoms with E-state index in [1.54, 1.807) is 24.8 Å². The van der Waals surface area contributed by atoms with Crippen LogP contribution in [0.2, 0.25) is 0 Å². The fourth-order valence-corrected chi connectivity index (χ4v) is 5.58. The number of methoxy groups -OCH3 is 1. The minimum absolute atomic E-state index is 0.137. The number of unbranched alkanes of at least 4 members (excludes halogenated alkanes) is 1. The highest BCUT2D eigenvalue weighted by Gasteiger charge is 2.43. The monoisotopic (exact) mass is 568 g/mol. The number of nitrogens with zero attached hydrogens (tertiary/aromatic N) is 2. The molecular formula is C30H36N2O7S. The molecule has 2 aromatic carbocycles. The van der Waals surface area contributed by atoms with Crippen LogP contribution in [0.15, 0.2) is 69.7 Å². The van der Waals surface area contributed by atoms with Gasteiger partial charge < -0.3 is 14.6 Å². The van der Waals surface area contributed by atoms with Gasteiger partial charge in [-0.05, 0) is 62.3 Å². The normalized spacial score (nSPS) is 16.9. The summed E-state index contributed by atoms with van der Waals surface area (Å²) in [4.78, 5) is 42.9. The molecule has 0 spiro atoms. The van der Waals surface area contributed by atoms with Crippen molar-refractivity contribution in [3.05, 3.63) is 81.0 Å². The third kappa shape index (κ3) is 8.02. The molecule has 10 heteroatoms. The number of aryl methyl sites for hydroxylation is 1. The average Bonchev–Trinajstić information content (AvgIpc) is 2.96. The molecule has 0 fully saturated rings. The number of ether oxygens (including phenoxy) is 2. The van der Waals surface area contributed by atoms with E-state index in [1.807, 2.05) is 6.92 Å². The Hall–Kier alpha value is -3.50. The van der Waals surface area contributed by atoms with Crippen LogP contribution in [0.25, 0.3) is 0 Å². The van der Waals surface area contributed by atoms with Crippen molar-refractivity contribution >= 4 is 35.1 Å². The fourth-order valence-electron chi connectivity index (χ4n) is 4.75. The number of aliphatic imine (C=N–C) groups is 1. The van der Waals surface area contributed by atoms with Crippen molar-refractivity contribution in [1.29, 1.82) is 0 Å². The zero-order chi connectivity index (χ0) is 29.1. The second-order valence-corrected chi connectivity index (χ2v) is 10.6. The summed E-state index contributed by atoms with van der Waals surface area (Å²) in [6.45, 7) is 3.95. The quantitative estimate of drug-likeness (QED) is 0.102. The third-order valence-corrected chi connectivity index (χ3v) is 7.85. The molecule has 1 heterocycles. The van der Waals surface area contributed by atoms with Crippen LogP contribution >= 0.6 is 11.8 Å². The van der Waals surface area contributed by atoms with E-state index in [4.69, 9.17) is 14.6 Å². The number of carbonyl (C=O) groups excluding carboxylic acids is 2. The Morgan fingerprint density at radius 2 is 1.88 bits per heavy atom. The van der Waals surface area contributed by atoms with Gasteiger partial charge in [-0.3, -0.25) is 19.9 Å². The minimum atomic E-state index is -0.910. The highest BCUT2D eigenvalue weighted by molar-refractivity contribution is 7.99. The molecule has 1 aliphatic rings. The second kappa shape index (κ2) is 15.3. The van der Waals surface area contributed by atoms with Gasteiger partial charge in [-0.2, -0.15) is 0 Å². The first-order chi connectivity index (χ1) is 19.3. The van der Waals surface area contributed by atoms with E-state index in [2.05, 4.69) is 29.3 Å². The van der Waals surface area contributed by atoms with E-state index in [1.165, 1.54) is 30.9 Å². The molecule has 1 aliphatic heterocycles. The second-order valence-electron chi connectivity index (χ2n) is 9.46. The van der Waals surface area contributed by atoms with Crippen LogP contribution in [0.3, 0.4) is 0 Å². The first kappa shape index (κ1) is 31.0. The SMILES string of the molecule is CCC1=C(C(=O)OCCCSc2ccc(CCCCO)cc2)C(c2cccc([N+](=O)[O-])c2)C(C(=O)OC)C(C)=N1. The van der Waals surface area contributed by atoms with Crippen LogP contribution in [0.4, 0.5) is 5.69 Å². The number of nitro benzene ring substituents is 1. The lowest BCUT2D eigenvalue weighted by atomic mass is 9.75. The molecule has 0 bridgehead atoms. The molecule has 9 nitrogen and oxygen atoms in total. The predicted octanol–water partition coefficient (Wildman–Crippen LogP) is 5.65. The van der Waals surface area contributed by atoms with Gasteiger partial charge in [0.1, 0.15) is 5.92 Å². The van der Waals surface area contributed by atoms with Gasteiger partial charge in [0.25, 0.3) is 5.69 Å². The molecular weight excluding hydrogens is 532 g/mol. The summed E-state index contributed by atoms with van der Waals surface area (Å²) in [6.07, 6.45) is 3.74. The van der Waals surface area contributed by atoms with Crippen molar-refractivity contribution in [3.8, 4) is 0 Å². The largest absolute Gasteiger partial charge is 0.468 e. The molecule has 0 amide bonds. The van der Waals surface area contributed by atoms with Crippen molar-refractivity contribution in [2.75, 3.05) is 26.1 Å². The molecule has 1 N–H and O–H groups in total. The number of esters is 2. The van der Waals surface area contributed by atoms with Crippen molar-refractivity contribution in [1.82, 2.24) is 0 Å². The molecule has 2 aromatic rings. The number of nitro groups is 1. The predicted molar refractivity (Wildman–Crippen MR) is 155 cm³/mol. The Morgan fingerprint density at radius 3 is 2.52 bits per heavy atom. The Balaban J connectivity index is 1.71. The van der Waals surface area contributed by atoms with Crippen LogP contribution in [0.5, 0.6) is 0 Å². The van der Waals surface area contributed by atoms with E-state index in [0.29, 0.717) is 29.8 Å². The van der Waals surface area contributed by atoms with E-state index in [9.17, 15) is 19.7 Å². The summed E-state index contributed by atoms with van der Waals surface area (Å²) in [5, 5.41) is 20.4. The van der Waals surface area contributed by atoms with Crippen LogP contribution in [-0.2, 0) is 25.5 Å². The standard InChI is InChI=1S/C30H36N2O7S/c1-4-25-28(30(35)39-17-8-18-40-24-14-12-21(13-15-24)9-5-6-16-33)27(26(20(2)31-25)29(34)38-3)22-10-7-11-23(19-22)32(36)37/h7,10-15,19,26-27,33H,4-6,8-9,16-18H2,1-3H3. The first-order valence-corrected chi connectivity index (χ1v) is 14.4. The molecule has 3 rings (SSSR count). The highest BCUT2D eigenvalue weighted by Crippen LogP contribution is 2.41. The number of non-ortho nitro benzene ring substituents is 1. The maximum atomic E-state index is 13.5. The summed E-state index contributed by atoms with van der Waals surface area (Å²) < 4.78 is 10.7. The van der Waals surface area contributed by atoms with Crippen molar-refractivity contribution in [3.63, 3.8) is 0 Å². The number of hydrogen-bond donors (Lipinski definition) is 1. The van der Waals surface area contributed by atoms with Gasteiger partial charge >= 0.3 is 11.9 Å². The van der Waals surface area contributed by atoms with Gasteiger partial charge in [-0.15, -0.1) is 11.8 Å². The number of thioether (sulfide) groups is 1. The molecule has 214 valence electrons. The summed E-state index contributed by atoms with van der Waals surface area (Å²) >= 11 is 1.67. The lowest BCUT2D eigenvalue weighted by Crippen LogP contribution is -2.36. The number of carbonyl (C=O) groups is 2. The van der Waals surface area contributed by atoms with Gasteiger partial charge in [0.15, 0.2) is 0 Å². The molecule has 2 unspecified atom stereocenters. The van der Waals surface area contributed by atoms with Crippen LogP contribution in [0.1, 0.15) is 56.6 Å². The molecule has 0 aromatic heterocycles. The number of benzene rings is 2. The third-order valence-electron chi connectivity index (χ3n) is 6.75. The van der Waals surface area contributed by atoms with Crippen LogP contribution < -0.4 is 0 Å². The van der Waals surface area contributed by atoms with E-state index >= 15 is 0 Å². The zero-order valence-electron chi connectivity index (χ0n) is 23.1. The number of aliphatic hydroxyl groups excluding tert-OH is 1. The van der Waals surface area contributed by atoms with E-state index in [0.717, 1.165) is 29.9 Å². The summed E-state index contributed by atoms with van der Waals surface area (Å²) in [5.41, 5.74) is 2.75. The lowest BCUT2D eigenvalue weighted by Gasteiger charge is -2.31. The summed E-state index contributed by atoms with van der Waals surface area (Å²) in [6, 6.07) is 14.3. The lowest BCUT2D eigenvalue weighted by molar-refractivity contribution is -0.384. The molecule has 40 heavy (non-hydrogen) atoms. The molecule has 0 saturated heterocycles. The molecule has 2 atom stereocenters. The minimum Gasteiger partial charge on any atom is -0.468 e. The van der Waals surface area contributed by atoms with Gasteiger partial charge in [0, 0.05) is 41.0 Å². The van der Waals surface area contributed by atoms with Gasteiger partial charge in [-0.1, -0.05) is 31.2 Å². The van der Waals surface area contributed by atoms with Crippen molar-refractivity contribution in [2.24, 2.45) is 10.9 Å². The summed E-state index contributed by atoms with van der Waals surface area (Å²) in [7, 11) is 1.26. The number of allylic oxidation sites excluding steroid dienone is 1. The van der Waals surface area contributed by atoms with Gasteiger partial charge in [-0.25, -0.2) is 4.79 Å². The first-order valence-electron chi connectivity index (χ1n) is 13.4. The van der Waals surface area contributed by atoms with E-state index in [-0.39, 0.29) is 24.5 Å². The zero-order valence-corrected chi connectivity index (χ0v) is 23.9. The fraction of sp³-hybridized carbons (Fsp3) is 0.433. The Morgan fingerprint density at radius 1 is 1.12 bits per heavy atom. The Kier molecular flexibility index (Phi) is 11.9. The maximum Gasteiger partial charge on any atom is 0.336 e. The van der Waals surface area contributed by atoms with Crippen molar-refractivity contribution < 1.29 is 29.1 Å². The van der Waals surface area contributed by atoms with Crippen molar-refractivity contribution in [2.45, 2.75) is 56.8 Å². The topological polar surface area (TPSA) is 128 Å². The van der Waals surface area contributed by atoms with Gasteiger partial charge in [0.2, 0.25) is 0 Å². The summed E-state index contributed by atoms with van der Waals surface area (Å²) in [5.74, 6) is -2.15. The number of rotatable bonds is 14. The molecule has 0 aliphatic carbocycles. The highest BCUT2D eigenvalue weighted by atomic mass is 32.2. The Labute approximate surface area is 238 Å². The molecule has 0 saturated carbocycles. The Bertz CT molecular complexity index is 1260. The number of aliphatic hydroxyl groups is 1. The molecule has 0 radical (unpaired) electrons. The van der Waals surface area contributed by atoms with Crippen LogP contribution in [0, 0.1) is 16.0 Å². The van der Waals surface area contributed by atoms with E-state index < -0.39 is 28.7 Å². The average molecular weight is 569 g/mol.